The summed E-state index contributed by atoms with van der Waals surface area (Å²) in [5.74, 6) is 0.494. The maximum atomic E-state index is 12.4. The fourth-order valence-electron chi connectivity index (χ4n) is 2.55. The molecular formula is C18H19ClN2O2. The maximum Gasteiger partial charge on any atom is 0.255 e. The molecule has 2 aromatic rings. The van der Waals surface area contributed by atoms with Crippen LogP contribution in [-0.2, 0) is 13.1 Å². The summed E-state index contributed by atoms with van der Waals surface area (Å²) in [6, 6.07) is 11.1. The summed E-state index contributed by atoms with van der Waals surface area (Å²) in [4.78, 5) is 12.4. The predicted molar refractivity (Wildman–Crippen MR) is 92.2 cm³/mol. The van der Waals surface area contributed by atoms with Gasteiger partial charge in [0.25, 0.3) is 5.91 Å². The van der Waals surface area contributed by atoms with Gasteiger partial charge in [-0.15, -0.1) is 0 Å². The number of hydrogen-bond donors (Lipinski definition) is 2. The monoisotopic (exact) mass is 330 g/mol. The fourth-order valence-corrected chi connectivity index (χ4v) is 2.78. The molecule has 0 fully saturated rings. The van der Waals surface area contributed by atoms with Gasteiger partial charge in [0.1, 0.15) is 5.75 Å². The van der Waals surface area contributed by atoms with Gasteiger partial charge in [-0.2, -0.15) is 0 Å². The van der Waals surface area contributed by atoms with Gasteiger partial charge in [0.05, 0.1) is 11.6 Å². The van der Waals surface area contributed by atoms with Crippen molar-refractivity contribution in [2.75, 3.05) is 11.9 Å². The molecule has 0 spiro atoms. The molecule has 0 saturated heterocycles. The molecule has 23 heavy (non-hydrogen) atoms. The average molecular weight is 331 g/mol. The van der Waals surface area contributed by atoms with E-state index in [0.717, 1.165) is 19.5 Å². The van der Waals surface area contributed by atoms with E-state index in [2.05, 4.69) is 10.6 Å². The Hall–Kier alpha value is -2.04. The van der Waals surface area contributed by atoms with E-state index in [9.17, 15) is 4.79 Å². The van der Waals surface area contributed by atoms with Gasteiger partial charge in [-0.3, -0.25) is 4.79 Å². The summed E-state index contributed by atoms with van der Waals surface area (Å²) in [6.45, 7) is 4.33. The average Bonchev–Trinajstić information content (AvgIpc) is 3.01. The third-order valence-electron chi connectivity index (χ3n) is 3.75. The summed E-state index contributed by atoms with van der Waals surface area (Å²) in [5.41, 5.74) is 3.73. The van der Waals surface area contributed by atoms with Crippen LogP contribution in [0.15, 0.2) is 36.4 Å². The van der Waals surface area contributed by atoms with Crippen molar-refractivity contribution in [2.45, 2.75) is 26.4 Å². The Morgan fingerprint density at radius 2 is 2.04 bits per heavy atom. The molecule has 5 heteroatoms. The smallest absolute Gasteiger partial charge is 0.255 e. The van der Waals surface area contributed by atoms with Crippen LogP contribution in [0.4, 0.5) is 5.69 Å². The van der Waals surface area contributed by atoms with Crippen LogP contribution in [-0.4, -0.2) is 12.5 Å². The first-order valence-electron chi connectivity index (χ1n) is 7.73. The summed E-state index contributed by atoms with van der Waals surface area (Å²) >= 11 is 6.19. The number of rotatable bonds is 5. The highest BCUT2D eigenvalue weighted by Gasteiger charge is 2.14. The van der Waals surface area contributed by atoms with Crippen molar-refractivity contribution in [2.24, 2.45) is 0 Å². The van der Waals surface area contributed by atoms with Crippen molar-refractivity contribution in [1.82, 2.24) is 5.32 Å². The zero-order valence-corrected chi connectivity index (χ0v) is 13.7. The minimum atomic E-state index is -0.141. The third-order valence-corrected chi connectivity index (χ3v) is 4.05. The van der Waals surface area contributed by atoms with E-state index in [-0.39, 0.29) is 5.91 Å². The van der Waals surface area contributed by atoms with Crippen LogP contribution in [0.25, 0.3) is 0 Å². The lowest BCUT2D eigenvalue weighted by molar-refractivity contribution is 0.102. The second-order valence-electron chi connectivity index (χ2n) is 5.53. The van der Waals surface area contributed by atoms with Crippen LogP contribution in [0.5, 0.6) is 5.75 Å². The van der Waals surface area contributed by atoms with Crippen molar-refractivity contribution in [3.8, 4) is 5.75 Å². The Balaban J connectivity index is 1.71. The van der Waals surface area contributed by atoms with Gasteiger partial charge < -0.3 is 15.4 Å². The topological polar surface area (TPSA) is 50.4 Å². The molecule has 4 nitrogen and oxygen atoms in total. The van der Waals surface area contributed by atoms with Crippen molar-refractivity contribution >= 4 is 23.2 Å². The molecule has 3 rings (SSSR count). The highest BCUT2D eigenvalue weighted by molar-refractivity contribution is 6.32. The summed E-state index contributed by atoms with van der Waals surface area (Å²) < 4.78 is 5.53. The molecule has 2 aromatic carbocycles. The zero-order valence-electron chi connectivity index (χ0n) is 13.0. The number of anilines is 1. The third kappa shape index (κ3) is 3.66. The summed E-state index contributed by atoms with van der Waals surface area (Å²) in [6.07, 6.45) is 0.919. The van der Waals surface area contributed by atoms with Gasteiger partial charge in [-0.25, -0.2) is 0 Å². The first-order valence-corrected chi connectivity index (χ1v) is 8.11. The predicted octanol–water partition coefficient (Wildman–Crippen LogP) is 3.98. The Bertz CT molecular complexity index is 731. The molecule has 0 bridgehead atoms. The van der Waals surface area contributed by atoms with Gasteiger partial charge in [-0.1, -0.05) is 24.6 Å². The van der Waals surface area contributed by atoms with Crippen molar-refractivity contribution in [3.63, 3.8) is 0 Å². The molecule has 1 aliphatic rings. The molecule has 0 aliphatic carbocycles. The number of benzene rings is 2. The number of halogens is 1. The highest BCUT2D eigenvalue weighted by Crippen LogP contribution is 2.28. The summed E-state index contributed by atoms with van der Waals surface area (Å²) in [5, 5.41) is 6.64. The largest absolute Gasteiger partial charge is 0.492 e. The van der Waals surface area contributed by atoms with Crippen LogP contribution in [0.3, 0.4) is 0 Å². The molecule has 2 N–H and O–H groups in total. The number of amides is 1. The molecule has 1 heterocycles. The Morgan fingerprint density at radius 3 is 2.83 bits per heavy atom. The second kappa shape index (κ2) is 7.02. The Labute approximate surface area is 140 Å². The van der Waals surface area contributed by atoms with E-state index in [1.807, 2.05) is 25.1 Å². The second-order valence-corrected chi connectivity index (χ2v) is 5.94. The molecule has 120 valence electrons. The number of ether oxygens (including phenoxy) is 1. The van der Waals surface area contributed by atoms with Crippen molar-refractivity contribution < 1.29 is 9.53 Å². The van der Waals surface area contributed by atoms with E-state index in [1.165, 1.54) is 11.1 Å². The number of fused-ring (bicyclic) bond motifs is 1. The molecule has 1 aliphatic heterocycles. The van der Waals surface area contributed by atoms with E-state index in [0.29, 0.717) is 28.6 Å². The standard InChI is InChI=1S/C18H19ClN2O2/c1-2-7-23-17-6-5-15(9-16(17)19)21-18(22)12-3-4-13-10-20-11-14(13)8-12/h3-6,8-9,20H,2,7,10-11H2,1H3,(H,21,22). The van der Waals surface area contributed by atoms with Crippen LogP contribution in [0, 0.1) is 0 Å². The number of nitrogens with one attached hydrogen (secondary N) is 2. The Kier molecular flexibility index (Phi) is 4.84. The molecule has 0 radical (unpaired) electrons. The molecule has 0 aromatic heterocycles. The van der Waals surface area contributed by atoms with Crippen LogP contribution in [0.1, 0.15) is 34.8 Å². The maximum absolute atomic E-state index is 12.4. The molecular weight excluding hydrogens is 312 g/mol. The van der Waals surface area contributed by atoms with Gasteiger partial charge in [0, 0.05) is 24.3 Å². The van der Waals surface area contributed by atoms with E-state index < -0.39 is 0 Å². The first-order chi connectivity index (χ1) is 11.2. The number of carbonyl (C=O) groups excluding carboxylic acids is 1. The first kappa shape index (κ1) is 15.8. The van der Waals surface area contributed by atoms with Gasteiger partial charge >= 0.3 is 0 Å². The van der Waals surface area contributed by atoms with Crippen molar-refractivity contribution in [1.29, 1.82) is 0 Å². The zero-order chi connectivity index (χ0) is 16.2. The van der Waals surface area contributed by atoms with E-state index in [1.54, 1.807) is 18.2 Å². The molecule has 0 saturated carbocycles. The van der Waals surface area contributed by atoms with Crippen LogP contribution < -0.4 is 15.4 Å². The van der Waals surface area contributed by atoms with E-state index >= 15 is 0 Å². The lowest BCUT2D eigenvalue weighted by Gasteiger charge is -2.10. The van der Waals surface area contributed by atoms with E-state index in [4.69, 9.17) is 16.3 Å². The van der Waals surface area contributed by atoms with Crippen molar-refractivity contribution in [3.05, 3.63) is 58.1 Å². The number of hydrogen-bond acceptors (Lipinski definition) is 3. The van der Waals surface area contributed by atoms with Gasteiger partial charge in [-0.05, 0) is 47.9 Å². The Morgan fingerprint density at radius 1 is 1.22 bits per heavy atom. The van der Waals surface area contributed by atoms with Gasteiger partial charge in [0.2, 0.25) is 0 Å². The lowest BCUT2D eigenvalue weighted by Crippen LogP contribution is -2.12. The van der Waals surface area contributed by atoms with Gasteiger partial charge in [0.15, 0.2) is 0 Å². The molecule has 0 atom stereocenters. The summed E-state index contributed by atoms with van der Waals surface area (Å²) in [7, 11) is 0. The SMILES string of the molecule is CCCOc1ccc(NC(=O)c2ccc3c(c2)CNC3)cc1Cl. The lowest BCUT2D eigenvalue weighted by atomic mass is 10.1. The minimum absolute atomic E-state index is 0.141. The molecule has 1 amide bonds. The minimum Gasteiger partial charge on any atom is -0.492 e. The highest BCUT2D eigenvalue weighted by atomic mass is 35.5. The normalized spacial score (nSPS) is 12.8. The quantitative estimate of drug-likeness (QED) is 0.871. The molecule has 0 unspecified atom stereocenters. The van der Waals surface area contributed by atoms with Crippen LogP contribution >= 0.6 is 11.6 Å². The fraction of sp³-hybridized carbons (Fsp3) is 0.278. The van der Waals surface area contributed by atoms with Crippen LogP contribution in [0.2, 0.25) is 5.02 Å². The number of carbonyl (C=O) groups is 1.